The van der Waals surface area contributed by atoms with Gasteiger partial charge in [0.05, 0.1) is 11.3 Å². The molecule has 0 saturated carbocycles. The number of hydrogen-bond donors (Lipinski definition) is 1. The number of nitrogens with one attached hydrogen (secondary N) is 1. The highest BCUT2D eigenvalue weighted by Gasteiger charge is 2.14. The number of amides is 1. The maximum atomic E-state index is 12.3. The zero-order valence-electron chi connectivity index (χ0n) is 15.2. The van der Waals surface area contributed by atoms with Gasteiger partial charge in [0.1, 0.15) is 4.70 Å². The average Bonchev–Trinajstić information content (AvgIpc) is 3.05. The van der Waals surface area contributed by atoms with Gasteiger partial charge in [-0.05, 0) is 34.6 Å². The quantitative estimate of drug-likeness (QED) is 0.542. The Hall–Kier alpha value is -2.12. The molecule has 0 fully saturated rings. The van der Waals surface area contributed by atoms with Gasteiger partial charge in [-0.2, -0.15) is 0 Å². The van der Waals surface area contributed by atoms with Gasteiger partial charge in [0, 0.05) is 12.7 Å². The average molecular weight is 388 g/mol. The lowest BCUT2D eigenvalue weighted by molar-refractivity contribution is -0.113. The van der Waals surface area contributed by atoms with E-state index in [0.29, 0.717) is 15.4 Å². The number of aromatic nitrogens is 2. The van der Waals surface area contributed by atoms with E-state index in [1.807, 2.05) is 35.7 Å². The van der Waals surface area contributed by atoms with Gasteiger partial charge in [-0.15, -0.1) is 11.3 Å². The van der Waals surface area contributed by atoms with Gasteiger partial charge in [-0.25, -0.2) is 4.98 Å². The van der Waals surface area contributed by atoms with Crippen molar-refractivity contribution in [3.05, 3.63) is 51.6 Å². The summed E-state index contributed by atoms with van der Waals surface area (Å²) in [7, 11) is 1.68. The Morgan fingerprint density at radius 3 is 2.58 bits per heavy atom. The fourth-order valence-corrected chi connectivity index (χ4v) is 4.05. The summed E-state index contributed by atoms with van der Waals surface area (Å²) >= 11 is 2.64. The Morgan fingerprint density at radius 2 is 1.92 bits per heavy atom. The maximum Gasteiger partial charge on any atom is 0.271 e. The molecule has 0 radical (unpaired) electrons. The first-order chi connectivity index (χ1) is 12.3. The molecule has 5 nitrogen and oxygen atoms in total. The Balaban J connectivity index is 1.66. The number of benzene rings is 1. The monoisotopic (exact) mass is 387 g/mol. The lowest BCUT2D eigenvalue weighted by atomic mass is 9.87. The second-order valence-corrected chi connectivity index (χ2v) is 8.92. The van der Waals surface area contributed by atoms with Crippen LogP contribution in [0.5, 0.6) is 0 Å². The van der Waals surface area contributed by atoms with E-state index < -0.39 is 0 Å². The second-order valence-electron chi connectivity index (χ2n) is 7.06. The van der Waals surface area contributed by atoms with Crippen LogP contribution in [-0.4, -0.2) is 21.2 Å². The van der Waals surface area contributed by atoms with Crippen LogP contribution in [0.25, 0.3) is 10.2 Å². The molecule has 2 heterocycles. The van der Waals surface area contributed by atoms with Crippen LogP contribution in [0.15, 0.2) is 45.7 Å². The number of rotatable bonds is 4. The minimum Gasteiger partial charge on any atom is -0.325 e. The summed E-state index contributed by atoms with van der Waals surface area (Å²) in [6.07, 6.45) is 0. The highest BCUT2D eigenvalue weighted by Crippen LogP contribution is 2.24. The third-order valence-corrected chi connectivity index (χ3v) is 5.93. The molecule has 0 atom stereocenters. The molecule has 136 valence electrons. The first kappa shape index (κ1) is 18.7. The summed E-state index contributed by atoms with van der Waals surface area (Å²) in [5.74, 6) is 0.0647. The molecule has 0 unspecified atom stereocenters. The van der Waals surface area contributed by atoms with Gasteiger partial charge in [0.15, 0.2) is 5.16 Å². The van der Waals surface area contributed by atoms with E-state index in [-0.39, 0.29) is 22.6 Å². The summed E-state index contributed by atoms with van der Waals surface area (Å²) in [5, 5.41) is 5.27. The summed E-state index contributed by atoms with van der Waals surface area (Å²) in [4.78, 5) is 29.0. The molecule has 7 heteroatoms. The number of thiophene rings is 1. The van der Waals surface area contributed by atoms with E-state index in [0.717, 1.165) is 5.69 Å². The van der Waals surface area contributed by atoms with Crippen molar-refractivity contribution in [3.63, 3.8) is 0 Å². The van der Waals surface area contributed by atoms with Gasteiger partial charge >= 0.3 is 0 Å². The second kappa shape index (κ2) is 7.25. The first-order valence-electron chi connectivity index (χ1n) is 8.23. The summed E-state index contributed by atoms with van der Waals surface area (Å²) in [6, 6.07) is 9.70. The molecule has 0 spiro atoms. The van der Waals surface area contributed by atoms with Crippen molar-refractivity contribution in [3.8, 4) is 0 Å². The largest absolute Gasteiger partial charge is 0.325 e. The third kappa shape index (κ3) is 3.99. The Bertz CT molecular complexity index is 998. The van der Waals surface area contributed by atoms with Crippen LogP contribution in [0, 0.1) is 0 Å². The van der Waals surface area contributed by atoms with E-state index in [4.69, 9.17) is 0 Å². The molecule has 3 aromatic rings. The van der Waals surface area contributed by atoms with Crippen LogP contribution in [0.3, 0.4) is 0 Å². The van der Waals surface area contributed by atoms with Gasteiger partial charge < -0.3 is 5.32 Å². The summed E-state index contributed by atoms with van der Waals surface area (Å²) in [6.45, 7) is 6.45. The van der Waals surface area contributed by atoms with Crippen LogP contribution in [0.2, 0.25) is 0 Å². The topological polar surface area (TPSA) is 64.0 Å². The molecule has 26 heavy (non-hydrogen) atoms. The first-order valence-corrected chi connectivity index (χ1v) is 10.1. The van der Waals surface area contributed by atoms with Gasteiger partial charge in [-0.1, -0.05) is 44.7 Å². The minimum atomic E-state index is -0.127. The predicted octanol–water partition coefficient (Wildman–Crippen LogP) is 4.02. The molecule has 1 aromatic carbocycles. The fraction of sp³-hybridized carbons (Fsp3) is 0.316. The molecule has 1 amide bonds. The van der Waals surface area contributed by atoms with Crippen molar-refractivity contribution >= 4 is 44.9 Å². The van der Waals surface area contributed by atoms with E-state index in [1.54, 1.807) is 7.05 Å². The number of hydrogen-bond acceptors (Lipinski definition) is 5. The van der Waals surface area contributed by atoms with Crippen LogP contribution < -0.4 is 10.9 Å². The molecular weight excluding hydrogens is 366 g/mol. The molecule has 0 bridgehead atoms. The van der Waals surface area contributed by atoms with Gasteiger partial charge in [0.25, 0.3) is 5.56 Å². The number of anilines is 1. The number of thioether (sulfide) groups is 1. The molecule has 0 saturated heterocycles. The predicted molar refractivity (Wildman–Crippen MR) is 109 cm³/mol. The highest BCUT2D eigenvalue weighted by atomic mass is 32.2. The minimum absolute atomic E-state index is 0.0781. The SMILES string of the molecule is Cn1c(SCC(=O)Nc2ccc(C(C)(C)C)cc2)nc2ccsc2c1=O. The lowest BCUT2D eigenvalue weighted by Gasteiger charge is -2.19. The molecule has 3 rings (SSSR count). The zero-order valence-corrected chi connectivity index (χ0v) is 16.8. The van der Waals surface area contributed by atoms with Crippen molar-refractivity contribution in [1.29, 1.82) is 0 Å². The Kier molecular flexibility index (Phi) is 5.20. The van der Waals surface area contributed by atoms with Crippen LogP contribution in [-0.2, 0) is 17.3 Å². The molecular formula is C19H21N3O2S2. The van der Waals surface area contributed by atoms with Gasteiger partial charge in [-0.3, -0.25) is 14.2 Å². The van der Waals surface area contributed by atoms with E-state index in [2.05, 4.69) is 31.1 Å². The van der Waals surface area contributed by atoms with E-state index in [9.17, 15) is 9.59 Å². The third-order valence-electron chi connectivity index (χ3n) is 4.01. The smallest absolute Gasteiger partial charge is 0.271 e. The standard InChI is InChI=1S/C19H21N3O2S2/c1-19(2,3)12-5-7-13(8-6-12)20-15(23)11-26-18-21-14-9-10-25-16(14)17(24)22(18)4/h5-10H,11H2,1-4H3,(H,20,23). The number of nitrogens with zero attached hydrogens (tertiary/aromatic N) is 2. The molecule has 0 aliphatic carbocycles. The lowest BCUT2D eigenvalue weighted by Crippen LogP contribution is -2.20. The Labute approximate surface area is 160 Å². The van der Waals surface area contributed by atoms with Crippen LogP contribution in [0.4, 0.5) is 5.69 Å². The Morgan fingerprint density at radius 1 is 1.23 bits per heavy atom. The number of carbonyl (C=O) groups excluding carboxylic acids is 1. The molecule has 1 N–H and O–H groups in total. The fourth-order valence-electron chi connectivity index (χ4n) is 2.48. The number of fused-ring (bicyclic) bond motifs is 1. The number of carbonyl (C=O) groups is 1. The van der Waals surface area contributed by atoms with Crippen molar-refractivity contribution < 1.29 is 4.79 Å². The van der Waals surface area contributed by atoms with Crippen molar-refractivity contribution in [2.45, 2.75) is 31.3 Å². The van der Waals surface area contributed by atoms with Crippen molar-refractivity contribution in [2.75, 3.05) is 11.1 Å². The summed E-state index contributed by atoms with van der Waals surface area (Å²) in [5.41, 5.74) is 2.66. The van der Waals surface area contributed by atoms with E-state index in [1.165, 1.54) is 33.2 Å². The summed E-state index contributed by atoms with van der Waals surface area (Å²) < 4.78 is 2.13. The van der Waals surface area contributed by atoms with Crippen molar-refractivity contribution in [1.82, 2.24) is 9.55 Å². The normalized spacial score (nSPS) is 11.7. The highest BCUT2D eigenvalue weighted by molar-refractivity contribution is 7.99. The van der Waals surface area contributed by atoms with Crippen LogP contribution >= 0.6 is 23.1 Å². The van der Waals surface area contributed by atoms with Crippen LogP contribution in [0.1, 0.15) is 26.3 Å². The van der Waals surface area contributed by atoms with E-state index >= 15 is 0 Å². The zero-order chi connectivity index (χ0) is 18.9. The van der Waals surface area contributed by atoms with Crippen molar-refractivity contribution in [2.24, 2.45) is 7.05 Å². The van der Waals surface area contributed by atoms with Gasteiger partial charge in [0.2, 0.25) is 5.91 Å². The molecule has 0 aliphatic rings. The molecule has 2 aromatic heterocycles. The molecule has 0 aliphatic heterocycles. The maximum absolute atomic E-state index is 12.3.